The average Bonchev–Trinajstić information content (AvgIpc) is 3.36. The summed E-state index contributed by atoms with van der Waals surface area (Å²) < 4.78 is 31.1. The number of benzene rings is 1. The minimum absolute atomic E-state index is 0.0557. The van der Waals surface area contributed by atoms with Crippen LogP contribution in [0.2, 0.25) is 0 Å². The number of hydrogen-bond donors (Lipinski definition) is 0. The molecule has 0 bridgehead atoms. The van der Waals surface area contributed by atoms with Crippen LogP contribution in [0.15, 0.2) is 36.7 Å². The maximum absolute atomic E-state index is 12.8. The Balaban J connectivity index is 1.43. The lowest BCUT2D eigenvalue weighted by atomic mass is 9.96. The van der Waals surface area contributed by atoms with Crippen molar-refractivity contribution in [2.45, 2.75) is 44.8 Å². The number of nitrogens with zero attached hydrogens (tertiary/aromatic N) is 3. The monoisotopic (exact) mass is 375 g/mol. The molecule has 1 aromatic carbocycles. The van der Waals surface area contributed by atoms with Crippen molar-refractivity contribution in [3.05, 3.63) is 48.0 Å². The van der Waals surface area contributed by atoms with E-state index in [1.165, 1.54) is 37.1 Å². The van der Waals surface area contributed by atoms with Gasteiger partial charge in [-0.2, -0.15) is 8.78 Å². The van der Waals surface area contributed by atoms with Gasteiger partial charge in [-0.05, 0) is 55.9 Å². The molecule has 1 saturated carbocycles. The smallest absolute Gasteiger partial charge is 0.387 e. The molecule has 1 atom stereocenters. The molecule has 2 aromatic rings. The summed E-state index contributed by atoms with van der Waals surface area (Å²) in [6.45, 7) is -0.511. The van der Waals surface area contributed by atoms with E-state index < -0.39 is 6.61 Å². The van der Waals surface area contributed by atoms with E-state index in [1.54, 1.807) is 0 Å². The van der Waals surface area contributed by atoms with Crippen LogP contribution in [-0.4, -0.2) is 40.1 Å². The Labute approximate surface area is 156 Å². The van der Waals surface area contributed by atoms with E-state index in [0.29, 0.717) is 18.7 Å². The minimum Gasteiger partial charge on any atom is -0.435 e. The third-order valence-electron chi connectivity index (χ3n) is 5.30. The molecule has 0 N–H and O–H groups in total. The highest BCUT2D eigenvalue weighted by Gasteiger charge is 2.29. The Morgan fingerprint density at radius 3 is 2.70 bits per heavy atom. The molecule has 2 heterocycles. The number of halogens is 2. The fraction of sp³-hybridized carbons (Fsp3) is 0.500. The van der Waals surface area contributed by atoms with Gasteiger partial charge in [0.25, 0.3) is 5.91 Å². The van der Waals surface area contributed by atoms with Gasteiger partial charge in [-0.1, -0.05) is 0 Å². The van der Waals surface area contributed by atoms with Gasteiger partial charge in [-0.25, -0.2) is 4.98 Å². The van der Waals surface area contributed by atoms with E-state index in [9.17, 15) is 13.6 Å². The number of carbonyl (C=O) groups is 1. The summed E-state index contributed by atoms with van der Waals surface area (Å²) in [7, 11) is 0. The van der Waals surface area contributed by atoms with Crippen LogP contribution in [0.1, 0.15) is 47.8 Å². The summed E-state index contributed by atoms with van der Waals surface area (Å²) in [5.74, 6) is 2.05. The quantitative estimate of drug-likeness (QED) is 0.769. The van der Waals surface area contributed by atoms with Gasteiger partial charge in [0.05, 0.1) is 0 Å². The summed E-state index contributed by atoms with van der Waals surface area (Å²) in [4.78, 5) is 19.2. The van der Waals surface area contributed by atoms with Crippen molar-refractivity contribution in [1.29, 1.82) is 0 Å². The van der Waals surface area contributed by atoms with Crippen LogP contribution >= 0.6 is 0 Å². The van der Waals surface area contributed by atoms with Crippen molar-refractivity contribution in [3.8, 4) is 5.75 Å². The molecule has 5 nitrogen and oxygen atoms in total. The molecule has 2 fully saturated rings. The summed E-state index contributed by atoms with van der Waals surface area (Å²) in [5, 5.41) is 0. The molecular weight excluding hydrogens is 352 g/mol. The number of rotatable bonds is 6. The van der Waals surface area contributed by atoms with Gasteiger partial charge >= 0.3 is 6.61 Å². The zero-order valence-electron chi connectivity index (χ0n) is 15.1. The number of likely N-dealkylation sites (tertiary alicyclic amines) is 1. The van der Waals surface area contributed by atoms with Crippen LogP contribution in [0.5, 0.6) is 5.75 Å². The van der Waals surface area contributed by atoms with E-state index in [0.717, 1.165) is 31.1 Å². The van der Waals surface area contributed by atoms with Gasteiger partial charge in [0.1, 0.15) is 11.6 Å². The third kappa shape index (κ3) is 4.28. The molecule has 1 aliphatic carbocycles. The zero-order valence-corrected chi connectivity index (χ0v) is 15.1. The first-order valence-corrected chi connectivity index (χ1v) is 9.45. The predicted molar refractivity (Wildman–Crippen MR) is 95.9 cm³/mol. The first kappa shape index (κ1) is 17.9. The molecule has 7 heteroatoms. The fourth-order valence-corrected chi connectivity index (χ4v) is 3.75. The Morgan fingerprint density at radius 1 is 1.22 bits per heavy atom. The lowest BCUT2D eigenvalue weighted by Gasteiger charge is -2.33. The molecule has 4 rings (SSSR count). The SMILES string of the molecule is O=C(c1ccc(OC(F)F)cc1)N1CCCC(c2nccn2CC2CC2)C1. The van der Waals surface area contributed by atoms with E-state index in [-0.39, 0.29) is 17.6 Å². The van der Waals surface area contributed by atoms with Gasteiger partial charge in [0, 0.05) is 43.5 Å². The predicted octanol–water partition coefficient (Wildman–Crippen LogP) is 3.91. The molecule has 1 saturated heterocycles. The number of ether oxygens (including phenoxy) is 1. The minimum atomic E-state index is -2.87. The molecule has 27 heavy (non-hydrogen) atoms. The topological polar surface area (TPSA) is 47.4 Å². The Bertz CT molecular complexity index is 787. The van der Waals surface area contributed by atoms with Crippen LogP contribution < -0.4 is 4.74 Å². The van der Waals surface area contributed by atoms with E-state index >= 15 is 0 Å². The largest absolute Gasteiger partial charge is 0.435 e. The lowest BCUT2D eigenvalue weighted by Crippen LogP contribution is -2.39. The molecule has 144 valence electrons. The van der Waals surface area contributed by atoms with Gasteiger partial charge in [0.15, 0.2) is 0 Å². The average molecular weight is 375 g/mol. The summed E-state index contributed by atoms with van der Waals surface area (Å²) >= 11 is 0. The summed E-state index contributed by atoms with van der Waals surface area (Å²) in [6, 6.07) is 5.89. The van der Waals surface area contributed by atoms with E-state index in [1.807, 2.05) is 17.3 Å². The van der Waals surface area contributed by atoms with Crippen molar-refractivity contribution in [2.24, 2.45) is 5.92 Å². The molecule has 1 amide bonds. The number of hydrogen-bond acceptors (Lipinski definition) is 3. The van der Waals surface area contributed by atoms with Crippen molar-refractivity contribution in [3.63, 3.8) is 0 Å². The number of carbonyl (C=O) groups excluding carboxylic acids is 1. The second-order valence-electron chi connectivity index (χ2n) is 7.37. The maximum atomic E-state index is 12.8. The summed E-state index contributed by atoms with van der Waals surface area (Å²) in [6.07, 6.45) is 8.42. The molecule has 0 radical (unpaired) electrons. The normalized spacial score (nSPS) is 20.1. The highest BCUT2D eigenvalue weighted by Crippen LogP contribution is 2.33. The zero-order chi connectivity index (χ0) is 18.8. The number of imidazole rings is 1. The van der Waals surface area contributed by atoms with E-state index in [4.69, 9.17) is 0 Å². The van der Waals surface area contributed by atoms with Crippen molar-refractivity contribution in [1.82, 2.24) is 14.5 Å². The molecule has 0 spiro atoms. The van der Waals surface area contributed by atoms with Gasteiger partial charge in [-0.15, -0.1) is 0 Å². The Morgan fingerprint density at radius 2 is 2.00 bits per heavy atom. The van der Waals surface area contributed by atoms with Crippen molar-refractivity contribution < 1.29 is 18.3 Å². The van der Waals surface area contributed by atoms with Gasteiger partial charge in [-0.3, -0.25) is 4.79 Å². The maximum Gasteiger partial charge on any atom is 0.387 e. The number of piperidine rings is 1. The fourth-order valence-electron chi connectivity index (χ4n) is 3.75. The number of aromatic nitrogens is 2. The molecule has 1 aliphatic heterocycles. The van der Waals surface area contributed by atoms with Crippen LogP contribution in [-0.2, 0) is 6.54 Å². The van der Waals surface area contributed by atoms with Crippen LogP contribution in [0.25, 0.3) is 0 Å². The molecular formula is C20H23F2N3O2. The number of amides is 1. The van der Waals surface area contributed by atoms with Crippen LogP contribution in [0.4, 0.5) is 8.78 Å². The molecule has 2 aliphatic rings. The lowest BCUT2D eigenvalue weighted by molar-refractivity contribution is -0.0498. The Kier molecular flexibility index (Phi) is 5.09. The molecule has 1 aromatic heterocycles. The summed E-state index contributed by atoms with van der Waals surface area (Å²) in [5.41, 5.74) is 0.485. The molecule has 1 unspecified atom stereocenters. The van der Waals surface area contributed by atoms with Crippen molar-refractivity contribution >= 4 is 5.91 Å². The van der Waals surface area contributed by atoms with Crippen molar-refractivity contribution in [2.75, 3.05) is 13.1 Å². The highest BCUT2D eigenvalue weighted by molar-refractivity contribution is 5.94. The standard InChI is InChI=1S/C20H23F2N3O2/c21-20(22)27-17-7-5-15(6-8-17)19(26)25-10-1-2-16(13-25)18-23-9-11-24(18)12-14-3-4-14/h5-9,11,14,16,20H,1-4,10,12-13H2. The first-order valence-electron chi connectivity index (χ1n) is 9.45. The van der Waals surface area contributed by atoms with Gasteiger partial charge in [0.2, 0.25) is 0 Å². The second-order valence-corrected chi connectivity index (χ2v) is 7.37. The second kappa shape index (κ2) is 7.66. The highest BCUT2D eigenvalue weighted by atomic mass is 19.3. The van der Waals surface area contributed by atoms with Crippen LogP contribution in [0, 0.1) is 5.92 Å². The third-order valence-corrected chi connectivity index (χ3v) is 5.30. The first-order chi connectivity index (χ1) is 13.1. The van der Waals surface area contributed by atoms with Gasteiger partial charge < -0.3 is 14.2 Å². The van der Waals surface area contributed by atoms with Crippen LogP contribution in [0.3, 0.4) is 0 Å². The number of alkyl halides is 2. The van der Waals surface area contributed by atoms with E-state index in [2.05, 4.69) is 14.3 Å². The Hall–Kier alpha value is -2.44.